The molecule has 0 amide bonds. The van der Waals surface area contributed by atoms with Gasteiger partial charge in [-0.2, -0.15) is 5.10 Å². The minimum atomic E-state index is -0.250. The van der Waals surface area contributed by atoms with Crippen LogP contribution in [-0.4, -0.2) is 26.8 Å². The Bertz CT molecular complexity index is 1150. The van der Waals surface area contributed by atoms with E-state index < -0.39 is 0 Å². The molecular weight excluding hydrogens is 408 g/mol. The van der Waals surface area contributed by atoms with Gasteiger partial charge in [-0.25, -0.2) is 4.68 Å². The van der Waals surface area contributed by atoms with Crippen molar-refractivity contribution in [2.24, 2.45) is 28.6 Å². The molecule has 172 valence electrons. The molecular formula is C29H34N2O2. The van der Waals surface area contributed by atoms with Crippen molar-refractivity contribution < 1.29 is 9.90 Å². The molecule has 4 aliphatic carbocycles. The van der Waals surface area contributed by atoms with Gasteiger partial charge in [0.15, 0.2) is 5.78 Å². The SMILES string of the molecule is C[C@@]12CC[C@@H]3[C@H](CC=C4C[C@@H](O)CC[C@@]43C)[C@H]1C/C(=C\c1ccnn1-c1ccccc1)C2=O. The summed E-state index contributed by atoms with van der Waals surface area (Å²) in [5, 5.41) is 14.8. The average Bonchev–Trinajstić information content (AvgIpc) is 3.38. The normalized spacial score (nSPS) is 39.1. The number of aromatic nitrogens is 2. The van der Waals surface area contributed by atoms with Crippen molar-refractivity contribution in [1.29, 1.82) is 0 Å². The first-order chi connectivity index (χ1) is 15.9. The van der Waals surface area contributed by atoms with Crippen LogP contribution in [0.4, 0.5) is 0 Å². The van der Waals surface area contributed by atoms with Crippen LogP contribution in [0.2, 0.25) is 0 Å². The highest BCUT2D eigenvalue weighted by Crippen LogP contribution is 2.64. The Kier molecular flexibility index (Phi) is 4.81. The molecule has 3 fully saturated rings. The maximum absolute atomic E-state index is 13.8. The number of para-hydroxylation sites is 1. The lowest BCUT2D eigenvalue weighted by Crippen LogP contribution is -2.50. The maximum Gasteiger partial charge on any atom is 0.165 e. The van der Waals surface area contributed by atoms with Gasteiger partial charge in [-0.15, -0.1) is 0 Å². The van der Waals surface area contributed by atoms with Crippen LogP contribution in [0, 0.1) is 28.6 Å². The molecule has 1 N–H and O–H groups in total. The second kappa shape index (κ2) is 7.53. The van der Waals surface area contributed by atoms with Gasteiger partial charge in [-0.3, -0.25) is 4.79 Å². The van der Waals surface area contributed by atoms with E-state index in [1.165, 1.54) is 5.57 Å². The first-order valence-electron chi connectivity index (χ1n) is 12.6. The second-order valence-corrected chi connectivity index (χ2v) is 11.3. The predicted octanol–water partition coefficient (Wildman–Crippen LogP) is 5.76. The monoisotopic (exact) mass is 442 g/mol. The van der Waals surface area contributed by atoms with Gasteiger partial charge >= 0.3 is 0 Å². The van der Waals surface area contributed by atoms with E-state index in [1.807, 2.05) is 47.3 Å². The van der Waals surface area contributed by atoms with Crippen LogP contribution in [0.5, 0.6) is 0 Å². The van der Waals surface area contributed by atoms with Crippen LogP contribution >= 0.6 is 0 Å². The first-order valence-corrected chi connectivity index (χ1v) is 12.6. The van der Waals surface area contributed by atoms with Gasteiger partial charge in [-0.1, -0.05) is 43.7 Å². The Balaban J connectivity index is 1.33. The molecule has 4 nitrogen and oxygen atoms in total. The van der Waals surface area contributed by atoms with Crippen LogP contribution in [0.25, 0.3) is 11.8 Å². The average molecular weight is 443 g/mol. The molecule has 0 saturated heterocycles. The first kappa shape index (κ1) is 21.1. The second-order valence-electron chi connectivity index (χ2n) is 11.3. The number of aliphatic hydroxyl groups excluding tert-OH is 1. The fourth-order valence-corrected chi connectivity index (χ4v) is 7.83. The van der Waals surface area contributed by atoms with Gasteiger partial charge in [0.25, 0.3) is 0 Å². The van der Waals surface area contributed by atoms with Crippen molar-refractivity contribution in [2.75, 3.05) is 0 Å². The van der Waals surface area contributed by atoms with E-state index in [-0.39, 0.29) is 16.9 Å². The molecule has 6 atom stereocenters. The highest BCUT2D eigenvalue weighted by atomic mass is 16.3. The van der Waals surface area contributed by atoms with Crippen molar-refractivity contribution >= 4 is 11.9 Å². The molecule has 0 bridgehead atoms. The lowest BCUT2D eigenvalue weighted by molar-refractivity contribution is -0.130. The fourth-order valence-electron chi connectivity index (χ4n) is 7.83. The summed E-state index contributed by atoms with van der Waals surface area (Å²) >= 11 is 0. The van der Waals surface area contributed by atoms with Crippen molar-refractivity contribution in [1.82, 2.24) is 9.78 Å². The highest BCUT2D eigenvalue weighted by molar-refractivity contribution is 6.05. The van der Waals surface area contributed by atoms with E-state index in [1.54, 1.807) is 0 Å². The summed E-state index contributed by atoms with van der Waals surface area (Å²) in [4.78, 5) is 13.8. The Morgan fingerprint density at radius 3 is 2.64 bits per heavy atom. The minimum Gasteiger partial charge on any atom is -0.393 e. The van der Waals surface area contributed by atoms with Crippen molar-refractivity contribution in [3.63, 3.8) is 0 Å². The van der Waals surface area contributed by atoms with E-state index in [9.17, 15) is 9.90 Å². The zero-order valence-corrected chi connectivity index (χ0v) is 19.7. The van der Waals surface area contributed by atoms with Gasteiger partial charge in [-0.05, 0) is 98.0 Å². The number of aliphatic hydroxyl groups is 1. The van der Waals surface area contributed by atoms with Crippen LogP contribution in [0.15, 0.2) is 59.8 Å². The van der Waals surface area contributed by atoms with E-state index in [2.05, 4.69) is 31.1 Å². The number of fused-ring (bicyclic) bond motifs is 5. The molecule has 0 spiro atoms. The number of ketones is 1. The van der Waals surface area contributed by atoms with Crippen LogP contribution in [0.3, 0.4) is 0 Å². The molecule has 1 heterocycles. The molecule has 2 aromatic rings. The van der Waals surface area contributed by atoms with Crippen molar-refractivity contribution in [3.05, 3.63) is 65.5 Å². The molecule has 1 aromatic heterocycles. The third-order valence-electron chi connectivity index (χ3n) is 9.71. The number of nitrogens with zero attached hydrogens (tertiary/aromatic N) is 2. The Morgan fingerprint density at radius 2 is 1.82 bits per heavy atom. The zero-order valence-electron chi connectivity index (χ0n) is 19.7. The molecule has 4 aliphatic rings. The highest BCUT2D eigenvalue weighted by Gasteiger charge is 2.59. The van der Waals surface area contributed by atoms with E-state index in [0.717, 1.165) is 61.9 Å². The van der Waals surface area contributed by atoms with Gasteiger partial charge in [0.05, 0.1) is 23.7 Å². The molecule has 3 saturated carbocycles. The predicted molar refractivity (Wildman–Crippen MR) is 130 cm³/mol. The largest absolute Gasteiger partial charge is 0.393 e. The number of benzene rings is 1. The summed E-state index contributed by atoms with van der Waals surface area (Å²) in [5.74, 6) is 1.95. The van der Waals surface area contributed by atoms with Crippen LogP contribution in [-0.2, 0) is 4.79 Å². The number of hydrogen-bond acceptors (Lipinski definition) is 3. The van der Waals surface area contributed by atoms with Gasteiger partial charge in [0.2, 0.25) is 0 Å². The molecule has 4 heteroatoms. The number of carbonyl (C=O) groups excluding carboxylic acids is 1. The quantitative estimate of drug-likeness (QED) is 0.475. The number of Topliss-reactive ketones (excluding diaryl/α,β-unsaturated/α-hetero) is 1. The van der Waals surface area contributed by atoms with E-state index in [4.69, 9.17) is 0 Å². The third kappa shape index (κ3) is 3.13. The number of hydrogen-bond donors (Lipinski definition) is 1. The van der Waals surface area contributed by atoms with Gasteiger partial charge in [0, 0.05) is 5.41 Å². The Morgan fingerprint density at radius 1 is 1.03 bits per heavy atom. The fraction of sp³-hybridized carbons (Fsp3) is 0.517. The summed E-state index contributed by atoms with van der Waals surface area (Å²) in [6.07, 6.45) is 13.1. The van der Waals surface area contributed by atoms with Gasteiger partial charge < -0.3 is 5.11 Å². The number of carbonyl (C=O) groups is 1. The maximum atomic E-state index is 13.8. The molecule has 0 unspecified atom stereocenters. The lowest BCUT2D eigenvalue weighted by Gasteiger charge is -2.56. The smallest absolute Gasteiger partial charge is 0.165 e. The molecule has 33 heavy (non-hydrogen) atoms. The van der Waals surface area contributed by atoms with Crippen molar-refractivity contribution in [2.45, 2.75) is 64.9 Å². The zero-order chi connectivity index (χ0) is 22.8. The summed E-state index contributed by atoms with van der Waals surface area (Å²) in [6.45, 7) is 4.67. The molecule has 1 aromatic carbocycles. The Hall–Kier alpha value is -2.46. The third-order valence-corrected chi connectivity index (χ3v) is 9.71. The minimum absolute atomic E-state index is 0.174. The summed E-state index contributed by atoms with van der Waals surface area (Å²) in [5.41, 5.74) is 4.40. The van der Waals surface area contributed by atoms with Crippen molar-refractivity contribution in [3.8, 4) is 5.69 Å². The Labute approximate surface area is 196 Å². The summed E-state index contributed by atoms with van der Waals surface area (Å²) in [6, 6.07) is 12.1. The van der Waals surface area contributed by atoms with Crippen LogP contribution in [0.1, 0.15) is 64.5 Å². The van der Waals surface area contributed by atoms with Crippen LogP contribution < -0.4 is 0 Å². The summed E-state index contributed by atoms with van der Waals surface area (Å²) in [7, 11) is 0. The standard InChI is InChI=1S/C29H34N2O2/c1-28-13-10-23(32)18-20(28)8-9-24-25(28)11-14-29(2)26(24)17-19(27(29)33)16-22-12-15-30-31(22)21-6-4-3-5-7-21/h3-8,12,15-16,23-26,32H,9-11,13-14,17-18H2,1-2H3/b19-16+/t23-,24-,25+,26+,28-,29+/m0/s1. The molecule has 6 rings (SSSR count). The van der Waals surface area contributed by atoms with E-state index >= 15 is 0 Å². The lowest BCUT2D eigenvalue weighted by atomic mass is 9.48. The molecule has 0 radical (unpaired) electrons. The number of rotatable bonds is 2. The van der Waals surface area contributed by atoms with E-state index in [0.29, 0.717) is 23.5 Å². The topological polar surface area (TPSA) is 55.1 Å². The molecule has 0 aliphatic heterocycles. The summed E-state index contributed by atoms with van der Waals surface area (Å²) < 4.78 is 1.93. The number of allylic oxidation sites excluding steroid dienone is 2. The van der Waals surface area contributed by atoms with Gasteiger partial charge in [0.1, 0.15) is 0 Å².